The highest BCUT2D eigenvalue weighted by Crippen LogP contribution is 2.74. The highest BCUT2D eigenvalue weighted by Gasteiger charge is 2.72. The van der Waals surface area contributed by atoms with Crippen molar-refractivity contribution in [1.29, 1.82) is 0 Å². The summed E-state index contributed by atoms with van der Waals surface area (Å²) < 4.78 is 5.95. The molecule has 0 aromatic rings. The fourth-order valence-electron chi connectivity index (χ4n) is 9.67. The van der Waals surface area contributed by atoms with E-state index in [4.69, 9.17) is 10.5 Å². The molecule has 212 valence electrons. The van der Waals surface area contributed by atoms with Crippen LogP contribution in [0.5, 0.6) is 0 Å². The van der Waals surface area contributed by atoms with E-state index in [0.717, 1.165) is 24.0 Å². The number of hydrogen-bond donors (Lipinski definition) is 3. The maximum atomic E-state index is 13.0. The Balaban J connectivity index is 1.88. The van der Waals surface area contributed by atoms with E-state index in [2.05, 4.69) is 27.7 Å². The number of ether oxygens (including phenoxy) is 1. The van der Waals surface area contributed by atoms with Crippen molar-refractivity contribution >= 4 is 11.8 Å². The van der Waals surface area contributed by atoms with Gasteiger partial charge in [-0.05, 0) is 98.4 Å². The standard InChI is InChI=1S/C32H49NO5/c1-17(2)10-9-11-21(19(4)34)28-23-14-25(37)29-30(6,31(23,7)16-26(28)38-20(5)35)13-12-22-18(3)24(36)15-27(33)32(22,29)8/h9-11,18,22-27,29,36-37H,12-16,33H2,1-8H3/b11-9+,28-21-/t18-,22-,23-,24+,25+,26-,27-,29+,30-,31-,32+/m0/s1. The molecule has 0 aromatic heterocycles. The third kappa shape index (κ3) is 4.26. The van der Waals surface area contributed by atoms with Crippen molar-refractivity contribution in [3.63, 3.8) is 0 Å². The Morgan fingerprint density at radius 2 is 1.68 bits per heavy atom. The summed E-state index contributed by atoms with van der Waals surface area (Å²) in [6.07, 6.45) is 7.67. The molecule has 0 spiro atoms. The predicted molar refractivity (Wildman–Crippen MR) is 149 cm³/mol. The molecule has 6 nitrogen and oxygen atoms in total. The lowest BCUT2D eigenvalue weighted by Crippen LogP contribution is -2.70. The van der Waals surface area contributed by atoms with Gasteiger partial charge in [-0.2, -0.15) is 0 Å². The van der Waals surface area contributed by atoms with E-state index >= 15 is 0 Å². The molecule has 4 aliphatic rings. The van der Waals surface area contributed by atoms with Crippen molar-refractivity contribution in [2.24, 2.45) is 45.7 Å². The van der Waals surface area contributed by atoms with E-state index in [1.807, 2.05) is 32.1 Å². The van der Waals surface area contributed by atoms with Gasteiger partial charge >= 0.3 is 5.97 Å². The second-order valence-electron chi connectivity index (χ2n) is 13.8. The quantitative estimate of drug-likeness (QED) is 0.273. The highest BCUT2D eigenvalue weighted by molar-refractivity contribution is 5.97. The van der Waals surface area contributed by atoms with E-state index in [1.165, 1.54) is 6.92 Å². The molecule has 4 saturated carbocycles. The van der Waals surface area contributed by atoms with Crippen molar-refractivity contribution < 1.29 is 24.5 Å². The smallest absolute Gasteiger partial charge is 0.303 e. The van der Waals surface area contributed by atoms with Gasteiger partial charge in [-0.1, -0.05) is 51.5 Å². The molecule has 4 fully saturated rings. The average Bonchev–Trinajstić information content (AvgIpc) is 3.06. The molecule has 6 heteroatoms. The molecular formula is C32H49NO5. The molecule has 4 aliphatic carbocycles. The number of hydrogen-bond acceptors (Lipinski definition) is 6. The summed E-state index contributed by atoms with van der Waals surface area (Å²) in [5, 5.41) is 22.8. The Morgan fingerprint density at radius 1 is 1.03 bits per heavy atom. The molecule has 0 aliphatic heterocycles. The minimum atomic E-state index is -0.611. The van der Waals surface area contributed by atoms with Crippen molar-refractivity contribution in [3.05, 3.63) is 34.9 Å². The Kier molecular flexibility index (Phi) is 7.70. The Labute approximate surface area is 228 Å². The SMILES string of the molecule is CC(=O)O[C@H]1C[C@@]2(C)[C@@H](C[C@@H](O)[C@H]3[C@@]4(C)[C@@H](N)C[C@@H](O)[C@@H](C)[C@@H]4CC[C@@]32C)/C1=C(\C=C\C=C(C)C)C(C)=O. The van der Waals surface area contributed by atoms with E-state index in [9.17, 15) is 19.8 Å². The summed E-state index contributed by atoms with van der Waals surface area (Å²) in [5.41, 5.74) is 8.52. The molecule has 38 heavy (non-hydrogen) atoms. The van der Waals surface area contributed by atoms with Crippen LogP contribution in [0.3, 0.4) is 0 Å². The number of Topliss-reactive ketones (excluding diaryl/α,β-unsaturated/α-hetero) is 1. The number of fused-ring (bicyclic) bond motifs is 5. The van der Waals surface area contributed by atoms with Crippen LogP contribution >= 0.6 is 0 Å². The molecule has 0 amide bonds. The van der Waals surface area contributed by atoms with Crippen LogP contribution < -0.4 is 5.73 Å². The van der Waals surface area contributed by atoms with Crippen LogP contribution in [-0.2, 0) is 14.3 Å². The molecule has 0 bridgehead atoms. The monoisotopic (exact) mass is 527 g/mol. The van der Waals surface area contributed by atoms with Crippen LogP contribution in [0.25, 0.3) is 0 Å². The van der Waals surface area contributed by atoms with Gasteiger partial charge in [0.25, 0.3) is 0 Å². The fourth-order valence-corrected chi connectivity index (χ4v) is 9.67. The number of nitrogens with two attached hydrogens (primary N) is 1. The summed E-state index contributed by atoms with van der Waals surface area (Å²) in [6, 6.07) is -0.210. The second kappa shape index (κ2) is 10.0. The largest absolute Gasteiger partial charge is 0.458 e. The van der Waals surface area contributed by atoms with Crippen LogP contribution in [0.2, 0.25) is 0 Å². The number of esters is 1. The molecular weight excluding hydrogens is 478 g/mol. The third-order valence-corrected chi connectivity index (χ3v) is 11.6. The van der Waals surface area contributed by atoms with Gasteiger partial charge in [0, 0.05) is 18.5 Å². The summed E-state index contributed by atoms with van der Waals surface area (Å²) >= 11 is 0. The summed E-state index contributed by atoms with van der Waals surface area (Å²) in [5.74, 6) is -0.218. The van der Waals surface area contributed by atoms with Crippen LogP contribution in [0.1, 0.15) is 87.5 Å². The minimum absolute atomic E-state index is 0.0562. The normalized spacial score (nSPS) is 47.6. The molecule has 0 unspecified atom stereocenters. The van der Waals surface area contributed by atoms with Gasteiger partial charge in [0.1, 0.15) is 6.10 Å². The van der Waals surface area contributed by atoms with Gasteiger partial charge in [-0.3, -0.25) is 9.59 Å². The first-order valence-corrected chi connectivity index (χ1v) is 14.4. The fraction of sp³-hybridized carbons (Fsp3) is 0.750. The van der Waals surface area contributed by atoms with E-state index in [-0.39, 0.29) is 57.7 Å². The first-order chi connectivity index (χ1) is 17.6. The maximum absolute atomic E-state index is 13.0. The van der Waals surface area contributed by atoms with Crippen LogP contribution in [0, 0.1) is 39.9 Å². The molecule has 0 heterocycles. The van der Waals surface area contributed by atoms with Gasteiger partial charge in [0.05, 0.1) is 12.2 Å². The van der Waals surface area contributed by atoms with Crippen molar-refractivity contribution in [1.82, 2.24) is 0 Å². The van der Waals surface area contributed by atoms with Gasteiger partial charge < -0.3 is 20.7 Å². The van der Waals surface area contributed by atoms with Gasteiger partial charge in [0.15, 0.2) is 5.78 Å². The lowest BCUT2D eigenvalue weighted by atomic mass is 9.35. The zero-order chi connectivity index (χ0) is 28.4. The molecule has 4 N–H and O–H groups in total. The molecule has 4 rings (SSSR count). The van der Waals surface area contributed by atoms with Crippen molar-refractivity contribution in [2.75, 3.05) is 0 Å². The van der Waals surface area contributed by atoms with Crippen LogP contribution in [0.15, 0.2) is 34.9 Å². The van der Waals surface area contributed by atoms with E-state index in [0.29, 0.717) is 24.8 Å². The Bertz CT molecular complexity index is 1070. The highest BCUT2D eigenvalue weighted by atomic mass is 16.5. The zero-order valence-corrected chi connectivity index (χ0v) is 24.6. The topological polar surface area (TPSA) is 110 Å². The summed E-state index contributed by atoms with van der Waals surface area (Å²) in [7, 11) is 0. The number of ketones is 1. The van der Waals surface area contributed by atoms with Crippen molar-refractivity contribution in [2.45, 2.75) is 112 Å². The van der Waals surface area contributed by atoms with Crippen molar-refractivity contribution in [3.8, 4) is 0 Å². The lowest BCUT2D eigenvalue weighted by Gasteiger charge is -2.70. The van der Waals surface area contributed by atoms with Crippen LogP contribution in [-0.4, -0.2) is 46.3 Å². The van der Waals surface area contributed by atoms with Gasteiger partial charge in [-0.25, -0.2) is 0 Å². The zero-order valence-electron chi connectivity index (χ0n) is 24.6. The third-order valence-electron chi connectivity index (χ3n) is 11.6. The van der Waals surface area contributed by atoms with Crippen LogP contribution in [0.4, 0.5) is 0 Å². The molecule has 0 aromatic carbocycles. The summed E-state index contributed by atoms with van der Waals surface area (Å²) in [6.45, 7) is 16.0. The maximum Gasteiger partial charge on any atom is 0.303 e. The van der Waals surface area contributed by atoms with E-state index < -0.39 is 18.3 Å². The number of aliphatic hydroxyl groups excluding tert-OH is 2. The molecule has 0 saturated heterocycles. The second-order valence-corrected chi connectivity index (χ2v) is 13.8. The average molecular weight is 528 g/mol. The minimum Gasteiger partial charge on any atom is -0.458 e. The molecule has 0 radical (unpaired) electrons. The number of allylic oxidation sites excluding steroid dienone is 5. The number of carbonyl (C=O) groups is 2. The Morgan fingerprint density at radius 3 is 2.26 bits per heavy atom. The Hall–Kier alpha value is -1.76. The first-order valence-electron chi connectivity index (χ1n) is 14.4. The molecule has 11 atom stereocenters. The number of carbonyl (C=O) groups excluding carboxylic acids is 2. The van der Waals surface area contributed by atoms with Gasteiger partial charge in [0.2, 0.25) is 0 Å². The summed E-state index contributed by atoms with van der Waals surface area (Å²) in [4.78, 5) is 25.3. The lowest BCUT2D eigenvalue weighted by molar-refractivity contribution is -0.239. The number of rotatable bonds is 4. The number of aliphatic hydroxyl groups is 2. The van der Waals surface area contributed by atoms with Gasteiger partial charge in [-0.15, -0.1) is 0 Å². The van der Waals surface area contributed by atoms with E-state index in [1.54, 1.807) is 6.92 Å². The first kappa shape index (κ1) is 29.2. The predicted octanol–water partition coefficient (Wildman–Crippen LogP) is 4.88.